The number of amides is 2. The van der Waals surface area contributed by atoms with Gasteiger partial charge in [0.15, 0.2) is 5.75 Å². The monoisotopic (exact) mass is 348 g/mol. The van der Waals surface area contributed by atoms with E-state index in [1.54, 1.807) is 24.3 Å². The van der Waals surface area contributed by atoms with Gasteiger partial charge in [0.05, 0.1) is 24.8 Å². The molecule has 0 atom stereocenters. The zero-order valence-corrected chi connectivity index (χ0v) is 13.3. The average Bonchev–Trinajstić information content (AvgIpc) is 2.82. The molecule has 3 rings (SSSR count). The van der Waals surface area contributed by atoms with Gasteiger partial charge in [0.2, 0.25) is 0 Å². The molecule has 2 amide bonds. The molecule has 0 spiro atoms. The fraction of sp³-hybridized carbons (Fsp3) is 0.133. The number of carbonyl (C=O) groups is 2. The van der Waals surface area contributed by atoms with Crippen molar-refractivity contribution in [1.29, 1.82) is 0 Å². The van der Waals surface area contributed by atoms with Gasteiger partial charge < -0.3 is 4.18 Å². The van der Waals surface area contributed by atoms with E-state index in [2.05, 4.69) is 9.17 Å². The number of imide groups is 1. The van der Waals surface area contributed by atoms with E-state index in [1.165, 1.54) is 18.3 Å². The van der Waals surface area contributed by atoms with Crippen LogP contribution in [0.5, 0.6) is 5.75 Å². The maximum absolute atomic E-state index is 12.4. The summed E-state index contributed by atoms with van der Waals surface area (Å²) in [5.74, 6) is -1.06. The highest BCUT2D eigenvalue weighted by Crippen LogP contribution is 2.26. The molecule has 8 nitrogen and oxygen atoms in total. The number of carbonyl (C=O) groups excluding carboxylic acids is 2. The minimum atomic E-state index is -4.24. The first-order valence-electron chi connectivity index (χ1n) is 6.82. The molecule has 0 saturated carbocycles. The van der Waals surface area contributed by atoms with Crippen LogP contribution in [0, 0.1) is 0 Å². The highest BCUT2D eigenvalue weighted by Gasteiger charge is 2.36. The maximum atomic E-state index is 12.4. The second-order valence-electron chi connectivity index (χ2n) is 4.85. The van der Waals surface area contributed by atoms with Gasteiger partial charge >= 0.3 is 10.4 Å². The van der Waals surface area contributed by atoms with Gasteiger partial charge in [-0.2, -0.15) is 8.42 Å². The summed E-state index contributed by atoms with van der Waals surface area (Å²) >= 11 is 0. The number of pyridine rings is 1. The number of rotatable bonds is 5. The first kappa shape index (κ1) is 16.1. The van der Waals surface area contributed by atoms with E-state index in [-0.39, 0.29) is 18.0 Å². The predicted molar refractivity (Wildman–Crippen MR) is 81.4 cm³/mol. The molecule has 24 heavy (non-hydrogen) atoms. The van der Waals surface area contributed by atoms with E-state index in [9.17, 15) is 18.0 Å². The molecule has 124 valence electrons. The third-order valence-electron chi connectivity index (χ3n) is 3.43. The molecule has 1 aliphatic heterocycles. The van der Waals surface area contributed by atoms with Crippen molar-refractivity contribution in [2.24, 2.45) is 0 Å². The van der Waals surface area contributed by atoms with Gasteiger partial charge in [-0.1, -0.05) is 12.1 Å². The molecule has 0 fully saturated rings. The fourth-order valence-electron chi connectivity index (χ4n) is 2.29. The Balaban J connectivity index is 1.91. The largest absolute Gasteiger partial charge is 0.448 e. The number of nitrogens with zero attached hydrogens (tertiary/aromatic N) is 2. The molecular weight excluding hydrogens is 336 g/mol. The van der Waals surface area contributed by atoms with Crippen LogP contribution in [0.2, 0.25) is 0 Å². The van der Waals surface area contributed by atoms with Crippen molar-refractivity contribution in [2.45, 2.75) is 6.54 Å². The molecule has 1 aromatic carbocycles. The highest BCUT2D eigenvalue weighted by molar-refractivity contribution is 7.82. The van der Waals surface area contributed by atoms with Gasteiger partial charge in [0, 0.05) is 6.20 Å². The molecule has 0 unspecified atom stereocenters. The van der Waals surface area contributed by atoms with Crippen LogP contribution in [0.1, 0.15) is 26.4 Å². The van der Waals surface area contributed by atoms with Gasteiger partial charge in [-0.05, 0) is 24.3 Å². The molecular formula is C15H12N2O6S. The molecule has 0 saturated heterocycles. The Morgan fingerprint density at radius 3 is 2.25 bits per heavy atom. The zero-order chi connectivity index (χ0) is 17.3. The van der Waals surface area contributed by atoms with Crippen molar-refractivity contribution in [3.63, 3.8) is 0 Å². The van der Waals surface area contributed by atoms with Crippen molar-refractivity contribution in [3.05, 3.63) is 59.4 Å². The van der Waals surface area contributed by atoms with E-state index in [0.717, 1.165) is 12.0 Å². The number of fused-ring (bicyclic) bond motifs is 1. The van der Waals surface area contributed by atoms with Crippen LogP contribution < -0.4 is 4.18 Å². The van der Waals surface area contributed by atoms with Crippen LogP contribution in [0.4, 0.5) is 0 Å². The first-order chi connectivity index (χ1) is 11.4. The summed E-state index contributed by atoms with van der Waals surface area (Å²) in [6, 6.07) is 9.26. The van der Waals surface area contributed by atoms with Crippen LogP contribution >= 0.6 is 0 Å². The van der Waals surface area contributed by atoms with Crippen molar-refractivity contribution >= 4 is 22.2 Å². The van der Waals surface area contributed by atoms with Crippen LogP contribution in [-0.4, -0.2) is 37.2 Å². The van der Waals surface area contributed by atoms with Crippen molar-refractivity contribution in [1.82, 2.24) is 9.88 Å². The lowest BCUT2D eigenvalue weighted by Crippen LogP contribution is -2.30. The Morgan fingerprint density at radius 2 is 1.67 bits per heavy atom. The molecule has 2 aromatic rings. The summed E-state index contributed by atoms with van der Waals surface area (Å²) in [6.45, 7) is -0.220. The molecule has 0 aliphatic carbocycles. The van der Waals surface area contributed by atoms with Gasteiger partial charge in [-0.25, -0.2) is 4.18 Å². The van der Waals surface area contributed by atoms with Crippen LogP contribution in [0.15, 0.2) is 42.6 Å². The minimum absolute atomic E-state index is 0.115. The predicted octanol–water partition coefficient (Wildman–Crippen LogP) is 1.15. The third kappa shape index (κ3) is 2.86. The topological polar surface area (TPSA) is 103 Å². The zero-order valence-electron chi connectivity index (χ0n) is 12.5. The fourth-order valence-corrected chi connectivity index (χ4v) is 2.73. The number of hydrogen-bond acceptors (Lipinski definition) is 7. The van der Waals surface area contributed by atoms with E-state index in [0.29, 0.717) is 11.1 Å². The lowest BCUT2D eigenvalue weighted by molar-refractivity contribution is 0.0640. The summed E-state index contributed by atoms with van der Waals surface area (Å²) in [5.41, 5.74) is 0.712. The molecule has 2 heterocycles. The van der Waals surface area contributed by atoms with Crippen LogP contribution in [-0.2, 0) is 21.1 Å². The standard InChI is InChI=1S/C15H12N2O6S/c1-22-24(20,21)23-13-7-4-8-16-12(13)9-17-14(18)10-5-2-3-6-11(10)15(17)19/h2-8H,9H2,1H3. The summed E-state index contributed by atoms with van der Waals surface area (Å²) in [5, 5.41) is 0. The second-order valence-corrected chi connectivity index (χ2v) is 6.17. The number of aromatic nitrogens is 1. The van der Waals surface area contributed by atoms with Crippen molar-refractivity contribution in [2.75, 3.05) is 7.11 Å². The Kier molecular flexibility index (Phi) is 4.04. The summed E-state index contributed by atoms with van der Waals surface area (Å²) < 4.78 is 31.9. The lowest BCUT2D eigenvalue weighted by Gasteiger charge is -2.15. The smallest absolute Gasteiger partial charge is 0.360 e. The Morgan fingerprint density at radius 1 is 1.04 bits per heavy atom. The maximum Gasteiger partial charge on any atom is 0.448 e. The van der Waals surface area contributed by atoms with Gasteiger partial charge in [0.25, 0.3) is 11.8 Å². The van der Waals surface area contributed by atoms with E-state index >= 15 is 0 Å². The van der Waals surface area contributed by atoms with Crippen molar-refractivity contribution < 1.29 is 26.4 Å². The van der Waals surface area contributed by atoms with Crippen molar-refractivity contribution in [3.8, 4) is 5.75 Å². The first-order valence-corrected chi connectivity index (χ1v) is 8.15. The number of hydrogen-bond donors (Lipinski definition) is 0. The molecule has 0 radical (unpaired) electrons. The molecule has 1 aromatic heterocycles. The highest BCUT2D eigenvalue weighted by atomic mass is 32.3. The SMILES string of the molecule is COS(=O)(=O)Oc1cccnc1CN1C(=O)c2ccccc2C1=O. The summed E-state index contributed by atoms with van der Waals surface area (Å²) in [6.07, 6.45) is 1.40. The summed E-state index contributed by atoms with van der Waals surface area (Å²) in [7, 11) is -3.28. The Bertz CT molecular complexity index is 890. The summed E-state index contributed by atoms with van der Waals surface area (Å²) in [4.78, 5) is 29.7. The van der Waals surface area contributed by atoms with E-state index in [1.807, 2.05) is 0 Å². The van der Waals surface area contributed by atoms with Crippen LogP contribution in [0.3, 0.4) is 0 Å². The van der Waals surface area contributed by atoms with Gasteiger partial charge in [-0.3, -0.25) is 19.5 Å². The average molecular weight is 348 g/mol. The molecule has 0 N–H and O–H groups in total. The molecule has 0 bridgehead atoms. The third-order valence-corrected chi connectivity index (χ3v) is 4.22. The normalized spacial score (nSPS) is 14.0. The number of benzene rings is 1. The molecule has 9 heteroatoms. The van der Waals surface area contributed by atoms with Gasteiger partial charge in [-0.15, -0.1) is 0 Å². The Labute approximate surface area is 138 Å². The molecule has 1 aliphatic rings. The Hall–Kier alpha value is -2.78. The van der Waals surface area contributed by atoms with Gasteiger partial charge in [0.1, 0.15) is 5.69 Å². The minimum Gasteiger partial charge on any atom is -0.360 e. The quantitative estimate of drug-likeness (QED) is 0.747. The second kappa shape index (κ2) is 6.02. The van der Waals surface area contributed by atoms with E-state index in [4.69, 9.17) is 4.18 Å². The van der Waals surface area contributed by atoms with E-state index < -0.39 is 22.2 Å². The van der Waals surface area contributed by atoms with Crippen LogP contribution in [0.25, 0.3) is 0 Å². The lowest BCUT2D eigenvalue weighted by atomic mass is 10.1.